The van der Waals surface area contributed by atoms with E-state index in [0.29, 0.717) is 17.3 Å². The van der Waals surface area contributed by atoms with Crippen LogP contribution in [-0.4, -0.2) is 35.9 Å². The fraction of sp³-hybridized carbons (Fsp3) is 0.176. The van der Waals surface area contributed by atoms with Crippen LogP contribution in [0.25, 0.3) is 11.0 Å². The van der Waals surface area contributed by atoms with Gasteiger partial charge in [0, 0.05) is 13.6 Å². The van der Waals surface area contributed by atoms with Gasteiger partial charge in [0.25, 0.3) is 5.91 Å². The van der Waals surface area contributed by atoms with Crippen molar-refractivity contribution < 1.29 is 9.18 Å². The Kier molecular flexibility index (Phi) is 5.26. The molecule has 3 aromatic heterocycles. The lowest BCUT2D eigenvalue weighted by Gasteiger charge is -2.02. The second kappa shape index (κ2) is 7.98. The molecule has 0 aliphatic carbocycles. The molecule has 28 heavy (non-hydrogen) atoms. The number of benzene rings is 1. The minimum absolute atomic E-state index is 0.284. The van der Waals surface area contributed by atoms with Gasteiger partial charge in [0.1, 0.15) is 22.2 Å². The van der Waals surface area contributed by atoms with Crippen molar-refractivity contribution in [3.05, 3.63) is 58.2 Å². The van der Waals surface area contributed by atoms with E-state index in [1.165, 1.54) is 41.6 Å². The van der Waals surface area contributed by atoms with Crippen LogP contribution < -0.4 is 5.32 Å². The van der Waals surface area contributed by atoms with Gasteiger partial charge in [-0.25, -0.2) is 14.4 Å². The Labute approximate surface area is 167 Å². The summed E-state index contributed by atoms with van der Waals surface area (Å²) in [6.07, 6.45) is 3.23. The van der Waals surface area contributed by atoms with Crippen LogP contribution in [0.2, 0.25) is 0 Å². The van der Waals surface area contributed by atoms with Crippen LogP contribution in [0.5, 0.6) is 0 Å². The number of nitrogens with one attached hydrogen (secondary N) is 1. The van der Waals surface area contributed by atoms with Gasteiger partial charge < -0.3 is 5.32 Å². The molecule has 0 aliphatic rings. The van der Waals surface area contributed by atoms with Crippen molar-refractivity contribution in [2.24, 2.45) is 7.05 Å². The molecule has 0 saturated heterocycles. The van der Waals surface area contributed by atoms with Gasteiger partial charge >= 0.3 is 0 Å². The minimum atomic E-state index is -0.311. The summed E-state index contributed by atoms with van der Waals surface area (Å²) in [5.41, 5.74) is 1.56. The largest absolute Gasteiger partial charge is 0.346 e. The molecule has 0 radical (unpaired) electrons. The van der Waals surface area contributed by atoms with E-state index in [1.807, 2.05) is 7.05 Å². The van der Waals surface area contributed by atoms with Crippen LogP contribution in [0.3, 0.4) is 0 Å². The lowest BCUT2D eigenvalue weighted by atomic mass is 10.2. The average Bonchev–Trinajstić information content (AvgIpc) is 3.33. The van der Waals surface area contributed by atoms with Crippen molar-refractivity contribution in [2.75, 3.05) is 0 Å². The van der Waals surface area contributed by atoms with E-state index in [1.54, 1.807) is 23.0 Å². The van der Waals surface area contributed by atoms with E-state index >= 15 is 0 Å². The Hall–Kier alpha value is -2.92. The quantitative estimate of drug-likeness (QED) is 0.382. The van der Waals surface area contributed by atoms with Crippen LogP contribution in [0.4, 0.5) is 4.39 Å². The maximum atomic E-state index is 12.9. The molecular weight excluding hydrogens is 401 g/mol. The third kappa shape index (κ3) is 3.99. The fourth-order valence-corrected chi connectivity index (χ4v) is 4.15. The molecule has 0 fully saturated rings. The molecule has 1 amide bonds. The highest BCUT2D eigenvalue weighted by atomic mass is 32.2. The standard InChI is InChI=1S/C17H14FN7OS2/c1-25-14-12(7-22-25)16(21-9-20-14)27-8-13-23-24-17(28-13)15(26)19-6-10-2-4-11(18)5-3-10/h2-5,7,9H,6,8H2,1H3,(H,19,26). The molecule has 11 heteroatoms. The Bertz CT molecular complexity index is 1130. The van der Waals surface area contributed by atoms with Gasteiger partial charge in [-0.1, -0.05) is 35.2 Å². The zero-order valence-corrected chi connectivity index (χ0v) is 16.3. The van der Waals surface area contributed by atoms with Crippen LogP contribution >= 0.6 is 23.1 Å². The third-order valence-electron chi connectivity index (χ3n) is 3.85. The Morgan fingerprint density at radius 2 is 2.07 bits per heavy atom. The van der Waals surface area contributed by atoms with Crippen molar-refractivity contribution in [3.8, 4) is 0 Å². The maximum Gasteiger partial charge on any atom is 0.282 e. The smallest absolute Gasteiger partial charge is 0.282 e. The predicted molar refractivity (Wildman–Crippen MR) is 103 cm³/mol. The lowest BCUT2D eigenvalue weighted by Crippen LogP contribution is -2.22. The Morgan fingerprint density at radius 1 is 1.25 bits per heavy atom. The van der Waals surface area contributed by atoms with Gasteiger partial charge in [-0.3, -0.25) is 9.48 Å². The topological polar surface area (TPSA) is 98.5 Å². The molecule has 0 atom stereocenters. The van der Waals surface area contributed by atoms with Crippen LogP contribution in [0.1, 0.15) is 20.4 Å². The number of carbonyl (C=O) groups is 1. The van der Waals surface area contributed by atoms with Crippen LogP contribution in [0, 0.1) is 5.82 Å². The second-order valence-electron chi connectivity index (χ2n) is 5.78. The first-order valence-corrected chi connectivity index (χ1v) is 10.0. The van der Waals surface area contributed by atoms with Crippen molar-refractivity contribution >= 4 is 40.0 Å². The van der Waals surface area contributed by atoms with Gasteiger partial charge in [-0.2, -0.15) is 5.10 Å². The molecule has 1 N–H and O–H groups in total. The minimum Gasteiger partial charge on any atom is -0.346 e. The van der Waals surface area contributed by atoms with Gasteiger partial charge in [-0.05, 0) is 17.7 Å². The molecule has 1 aromatic carbocycles. The lowest BCUT2D eigenvalue weighted by molar-refractivity contribution is 0.0950. The zero-order chi connectivity index (χ0) is 19.5. The van der Waals surface area contributed by atoms with Crippen molar-refractivity contribution in [2.45, 2.75) is 17.3 Å². The third-order valence-corrected chi connectivity index (χ3v) is 5.97. The van der Waals surface area contributed by atoms with E-state index in [4.69, 9.17) is 0 Å². The second-order valence-corrected chi connectivity index (χ2v) is 7.81. The van der Waals surface area contributed by atoms with E-state index in [-0.39, 0.29) is 16.7 Å². The Morgan fingerprint density at radius 3 is 2.89 bits per heavy atom. The highest BCUT2D eigenvalue weighted by molar-refractivity contribution is 7.98. The van der Waals surface area contributed by atoms with Crippen molar-refractivity contribution in [1.82, 2.24) is 35.3 Å². The normalized spacial score (nSPS) is 11.1. The molecule has 0 bridgehead atoms. The van der Waals surface area contributed by atoms with E-state index in [0.717, 1.165) is 21.6 Å². The number of nitrogens with zero attached hydrogens (tertiary/aromatic N) is 6. The first-order chi connectivity index (χ1) is 13.6. The molecule has 0 unspecified atom stereocenters. The Balaban J connectivity index is 1.37. The molecule has 4 rings (SSSR count). The van der Waals surface area contributed by atoms with Gasteiger partial charge in [0.2, 0.25) is 5.01 Å². The van der Waals surface area contributed by atoms with Crippen molar-refractivity contribution in [3.63, 3.8) is 0 Å². The number of fused-ring (bicyclic) bond motifs is 1. The zero-order valence-electron chi connectivity index (χ0n) is 14.7. The van der Waals surface area contributed by atoms with Crippen LogP contribution in [0.15, 0.2) is 41.8 Å². The summed E-state index contributed by atoms with van der Waals surface area (Å²) < 4.78 is 14.6. The number of hydrogen-bond acceptors (Lipinski definition) is 8. The number of thioether (sulfide) groups is 1. The van der Waals surface area contributed by atoms with E-state index in [9.17, 15) is 9.18 Å². The molecule has 0 spiro atoms. The van der Waals surface area contributed by atoms with Gasteiger partial charge in [-0.15, -0.1) is 10.2 Å². The maximum absolute atomic E-state index is 12.9. The predicted octanol–water partition coefficient (Wildman–Crippen LogP) is 2.58. The molecule has 3 heterocycles. The number of amides is 1. The summed E-state index contributed by atoms with van der Waals surface area (Å²) in [5.74, 6) is -0.0902. The molecule has 4 aromatic rings. The first-order valence-electron chi connectivity index (χ1n) is 8.20. The van der Waals surface area contributed by atoms with Gasteiger partial charge in [0.15, 0.2) is 5.65 Å². The number of rotatable bonds is 6. The summed E-state index contributed by atoms with van der Waals surface area (Å²) in [5, 5.41) is 17.7. The summed E-state index contributed by atoms with van der Waals surface area (Å²) in [4.78, 5) is 20.7. The highest BCUT2D eigenvalue weighted by Gasteiger charge is 2.14. The fourth-order valence-electron chi connectivity index (χ4n) is 2.45. The molecule has 0 aliphatic heterocycles. The number of aromatic nitrogens is 6. The SMILES string of the molecule is Cn1ncc2c(SCc3nnc(C(=O)NCc4ccc(F)cc4)s3)ncnc21. The molecule has 8 nitrogen and oxygen atoms in total. The van der Waals surface area contributed by atoms with Crippen LogP contribution in [-0.2, 0) is 19.3 Å². The van der Waals surface area contributed by atoms with E-state index in [2.05, 4.69) is 30.6 Å². The first kappa shape index (κ1) is 18.4. The molecule has 142 valence electrons. The number of halogens is 1. The highest BCUT2D eigenvalue weighted by Crippen LogP contribution is 2.27. The van der Waals surface area contributed by atoms with Crippen molar-refractivity contribution in [1.29, 1.82) is 0 Å². The number of aryl methyl sites for hydroxylation is 1. The summed E-state index contributed by atoms with van der Waals surface area (Å²) in [6.45, 7) is 0.294. The summed E-state index contributed by atoms with van der Waals surface area (Å²) in [6, 6.07) is 5.96. The number of hydrogen-bond donors (Lipinski definition) is 1. The number of carbonyl (C=O) groups excluding carboxylic acids is 1. The molecule has 0 saturated carbocycles. The summed E-state index contributed by atoms with van der Waals surface area (Å²) >= 11 is 2.72. The average molecular weight is 415 g/mol. The van der Waals surface area contributed by atoms with Gasteiger partial charge in [0.05, 0.1) is 17.3 Å². The summed E-state index contributed by atoms with van der Waals surface area (Å²) in [7, 11) is 1.82. The monoisotopic (exact) mass is 415 g/mol. The van der Waals surface area contributed by atoms with E-state index < -0.39 is 0 Å². The molecular formula is C17H14FN7OS2.